The van der Waals surface area contributed by atoms with Crippen LogP contribution in [-0.2, 0) is 16.1 Å². The van der Waals surface area contributed by atoms with Gasteiger partial charge in [0.1, 0.15) is 0 Å². The number of rotatable bonds is 9. The van der Waals surface area contributed by atoms with Crippen LogP contribution in [0.25, 0.3) is 0 Å². The lowest BCUT2D eigenvalue weighted by Gasteiger charge is -2.09. The van der Waals surface area contributed by atoms with E-state index in [1.165, 1.54) is 5.56 Å². The third-order valence-electron chi connectivity index (χ3n) is 2.51. The molecule has 0 spiro atoms. The van der Waals surface area contributed by atoms with Crippen molar-refractivity contribution in [2.75, 3.05) is 13.2 Å². The van der Waals surface area contributed by atoms with Crippen molar-refractivity contribution in [3.8, 4) is 0 Å². The van der Waals surface area contributed by atoms with E-state index in [9.17, 15) is 0 Å². The molecule has 0 bridgehead atoms. The minimum absolute atomic E-state index is 0.156. The SMILES string of the molecule is C=CCO[C@H](/C=C/COCc1ccccc1)CC. The van der Waals surface area contributed by atoms with Crippen LogP contribution < -0.4 is 0 Å². The highest BCUT2D eigenvalue weighted by Crippen LogP contribution is 2.02. The molecule has 0 aliphatic carbocycles. The molecule has 0 N–H and O–H groups in total. The summed E-state index contributed by atoms with van der Waals surface area (Å²) in [4.78, 5) is 0. The molecule has 0 radical (unpaired) electrons. The van der Waals surface area contributed by atoms with E-state index >= 15 is 0 Å². The van der Waals surface area contributed by atoms with E-state index in [0.717, 1.165) is 6.42 Å². The van der Waals surface area contributed by atoms with Gasteiger partial charge in [-0.05, 0) is 12.0 Å². The molecule has 1 aromatic rings. The van der Waals surface area contributed by atoms with Crippen molar-refractivity contribution in [1.82, 2.24) is 0 Å². The lowest BCUT2D eigenvalue weighted by Crippen LogP contribution is -2.08. The summed E-state index contributed by atoms with van der Waals surface area (Å²) in [6, 6.07) is 10.2. The average molecular weight is 246 g/mol. The van der Waals surface area contributed by atoms with Crippen LogP contribution in [0.1, 0.15) is 18.9 Å². The van der Waals surface area contributed by atoms with Gasteiger partial charge in [-0.25, -0.2) is 0 Å². The Morgan fingerprint density at radius 3 is 2.67 bits per heavy atom. The van der Waals surface area contributed by atoms with Crippen LogP contribution in [0.3, 0.4) is 0 Å². The molecule has 0 saturated carbocycles. The molecule has 0 aliphatic rings. The Labute approximate surface area is 110 Å². The fraction of sp³-hybridized carbons (Fsp3) is 0.375. The second-order valence-electron chi connectivity index (χ2n) is 4.00. The lowest BCUT2D eigenvalue weighted by molar-refractivity contribution is 0.104. The topological polar surface area (TPSA) is 18.5 Å². The molecule has 2 heteroatoms. The standard InChI is InChI=1S/C16H22O2/c1-3-12-18-16(4-2)11-8-13-17-14-15-9-6-5-7-10-15/h3,5-11,16H,1,4,12-14H2,2H3/b11-8+/t16-/m0/s1. The molecular weight excluding hydrogens is 224 g/mol. The molecule has 0 unspecified atom stereocenters. The quantitative estimate of drug-likeness (QED) is 0.488. The van der Waals surface area contributed by atoms with E-state index in [2.05, 4.69) is 31.7 Å². The van der Waals surface area contributed by atoms with Gasteiger partial charge in [-0.2, -0.15) is 0 Å². The summed E-state index contributed by atoms with van der Waals surface area (Å²) >= 11 is 0. The van der Waals surface area contributed by atoms with Crippen LogP contribution in [0, 0.1) is 0 Å². The maximum atomic E-state index is 5.56. The smallest absolute Gasteiger partial charge is 0.0758 e. The zero-order chi connectivity index (χ0) is 13.1. The molecule has 1 rings (SSSR count). The Balaban J connectivity index is 2.17. The summed E-state index contributed by atoms with van der Waals surface area (Å²) in [5, 5.41) is 0. The second-order valence-corrected chi connectivity index (χ2v) is 4.00. The zero-order valence-corrected chi connectivity index (χ0v) is 11.0. The first-order valence-electron chi connectivity index (χ1n) is 6.37. The highest BCUT2D eigenvalue weighted by molar-refractivity contribution is 5.13. The van der Waals surface area contributed by atoms with E-state index in [1.807, 2.05) is 24.3 Å². The Morgan fingerprint density at radius 1 is 1.22 bits per heavy atom. The Hall–Kier alpha value is -1.38. The predicted octanol–water partition coefficient (Wildman–Crippen LogP) is 3.74. The Kier molecular flexibility index (Phi) is 7.85. The van der Waals surface area contributed by atoms with Crippen molar-refractivity contribution >= 4 is 0 Å². The van der Waals surface area contributed by atoms with E-state index in [0.29, 0.717) is 19.8 Å². The highest BCUT2D eigenvalue weighted by Gasteiger charge is 1.99. The largest absolute Gasteiger partial charge is 0.373 e. The van der Waals surface area contributed by atoms with E-state index in [1.54, 1.807) is 6.08 Å². The molecule has 98 valence electrons. The van der Waals surface area contributed by atoms with Gasteiger partial charge in [-0.15, -0.1) is 6.58 Å². The van der Waals surface area contributed by atoms with Crippen LogP contribution in [0.15, 0.2) is 55.1 Å². The minimum atomic E-state index is 0.156. The van der Waals surface area contributed by atoms with Crippen LogP contribution in [0.2, 0.25) is 0 Å². The second kappa shape index (κ2) is 9.63. The van der Waals surface area contributed by atoms with Crippen molar-refractivity contribution in [3.05, 3.63) is 60.7 Å². The van der Waals surface area contributed by atoms with Crippen molar-refractivity contribution in [2.45, 2.75) is 26.1 Å². The van der Waals surface area contributed by atoms with Crippen LogP contribution in [0.5, 0.6) is 0 Å². The first-order chi connectivity index (χ1) is 8.86. The first-order valence-corrected chi connectivity index (χ1v) is 6.37. The molecule has 0 amide bonds. The van der Waals surface area contributed by atoms with Crippen molar-refractivity contribution in [1.29, 1.82) is 0 Å². The van der Waals surface area contributed by atoms with Gasteiger partial charge >= 0.3 is 0 Å². The molecule has 0 fully saturated rings. The van der Waals surface area contributed by atoms with E-state index < -0.39 is 0 Å². The molecule has 2 nitrogen and oxygen atoms in total. The summed E-state index contributed by atoms with van der Waals surface area (Å²) in [7, 11) is 0. The summed E-state index contributed by atoms with van der Waals surface area (Å²) in [5.74, 6) is 0. The van der Waals surface area contributed by atoms with Crippen molar-refractivity contribution < 1.29 is 9.47 Å². The third kappa shape index (κ3) is 6.38. The maximum Gasteiger partial charge on any atom is 0.0758 e. The van der Waals surface area contributed by atoms with Crippen LogP contribution in [-0.4, -0.2) is 19.3 Å². The Morgan fingerprint density at radius 2 is 2.00 bits per heavy atom. The summed E-state index contributed by atoms with van der Waals surface area (Å²) < 4.78 is 11.1. The van der Waals surface area contributed by atoms with Crippen LogP contribution in [0.4, 0.5) is 0 Å². The average Bonchev–Trinajstić information content (AvgIpc) is 2.43. The van der Waals surface area contributed by atoms with E-state index in [-0.39, 0.29) is 6.10 Å². The van der Waals surface area contributed by atoms with Gasteiger partial charge in [0.2, 0.25) is 0 Å². The van der Waals surface area contributed by atoms with E-state index in [4.69, 9.17) is 9.47 Å². The number of hydrogen-bond acceptors (Lipinski definition) is 2. The molecule has 0 saturated heterocycles. The maximum absolute atomic E-state index is 5.56. The van der Waals surface area contributed by atoms with Gasteiger partial charge in [-0.3, -0.25) is 0 Å². The van der Waals surface area contributed by atoms with Gasteiger partial charge < -0.3 is 9.47 Å². The third-order valence-corrected chi connectivity index (χ3v) is 2.51. The zero-order valence-electron chi connectivity index (χ0n) is 11.0. The van der Waals surface area contributed by atoms with Crippen LogP contribution >= 0.6 is 0 Å². The normalized spacial score (nSPS) is 12.7. The predicted molar refractivity (Wildman–Crippen MR) is 75.5 cm³/mol. The lowest BCUT2D eigenvalue weighted by atomic mass is 10.2. The Bertz CT molecular complexity index is 343. The van der Waals surface area contributed by atoms with Gasteiger partial charge in [-0.1, -0.05) is 55.5 Å². The van der Waals surface area contributed by atoms with Gasteiger partial charge in [0.25, 0.3) is 0 Å². The minimum Gasteiger partial charge on any atom is -0.373 e. The molecule has 1 atom stereocenters. The molecule has 18 heavy (non-hydrogen) atoms. The van der Waals surface area contributed by atoms with Crippen molar-refractivity contribution in [2.24, 2.45) is 0 Å². The van der Waals surface area contributed by atoms with Gasteiger partial charge in [0.05, 0.1) is 25.9 Å². The number of ether oxygens (including phenoxy) is 2. The van der Waals surface area contributed by atoms with Gasteiger partial charge in [0, 0.05) is 0 Å². The molecular formula is C16H22O2. The fourth-order valence-electron chi connectivity index (χ4n) is 1.53. The summed E-state index contributed by atoms with van der Waals surface area (Å²) in [5.41, 5.74) is 1.20. The molecule has 0 aromatic heterocycles. The number of benzene rings is 1. The summed E-state index contributed by atoms with van der Waals surface area (Å²) in [6.07, 6.45) is 6.95. The molecule has 0 aliphatic heterocycles. The first kappa shape index (κ1) is 14.7. The van der Waals surface area contributed by atoms with Crippen molar-refractivity contribution in [3.63, 3.8) is 0 Å². The highest BCUT2D eigenvalue weighted by atomic mass is 16.5. The monoisotopic (exact) mass is 246 g/mol. The molecule has 0 heterocycles. The van der Waals surface area contributed by atoms with Gasteiger partial charge in [0.15, 0.2) is 0 Å². The number of hydrogen-bond donors (Lipinski definition) is 0. The fourth-order valence-corrected chi connectivity index (χ4v) is 1.53. The molecule has 1 aromatic carbocycles. The summed E-state index contributed by atoms with van der Waals surface area (Å²) in [6.45, 7) is 7.59.